The quantitative estimate of drug-likeness (QED) is 0.0529. The number of hydrogen-bond acceptors (Lipinski definition) is 13. The van der Waals surface area contributed by atoms with E-state index < -0.39 is 109 Å². The summed E-state index contributed by atoms with van der Waals surface area (Å²) >= 11 is 0. The average molecular weight is 917 g/mol. The maximum Gasteiger partial charge on any atom is 0.326 e. The van der Waals surface area contributed by atoms with E-state index in [0.717, 1.165) is 4.90 Å². The van der Waals surface area contributed by atoms with Gasteiger partial charge < -0.3 is 67.7 Å². The summed E-state index contributed by atoms with van der Waals surface area (Å²) in [4.78, 5) is 109. The Bertz CT molecular complexity index is 2190. The molecule has 0 aliphatic carbocycles. The lowest BCUT2D eigenvalue weighted by molar-refractivity contribution is -0.146. The van der Waals surface area contributed by atoms with E-state index in [1.807, 2.05) is 0 Å². The Kier molecular flexibility index (Phi) is 17.9. The van der Waals surface area contributed by atoms with Crippen LogP contribution in [0.15, 0.2) is 78.9 Å². The summed E-state index contributed by atoms with van der Waals surface area (Å²) in [5, 5.41) is 61.3. The highest BCUT2D eigenvalue weighted by Crippen LogP contribution is 2.23. The molecule has 21 nitrogen and oxygen atoms in total. The number of aromatic hydroxyl groups is 2. The van der Waals surface area contributed by atoms with E-state index in [4.69, 9.17) is 5.73 Å². The number of aliphatic hydroxyl groups excluding tert-OH is 2. The normalized spacial score (nSPS) is 17.9. The van der Waals surface area contributed by atoms with Gasteiger partial charge in [-0.05, 0) is 73.1 Å². The maximum atomic E-state index is 14.3. The lowest BCUT2D eigenvalue weighted by Crippen LogP contribution is -2.60. The highest BCUT2D eigenvalue weighted by atomic mass is 16.4. The van der Waals surface area contributed by atoms with Gasteiger partial charge in [0.05, 0.1) is 25.8 Å². The topological polar surface area (TPSA) is 330 Å². The molecule has 0 radical (unpaired) electrons. The van der Waals surface area contributed by atoms with E-state index in [0.29, 0.717) is 29.5 Å². The van der Waals surface area contributed by atoms with Gasteiger partial charge in [-0.15, -0.1) is 0 Å². The van der Waals surface area contributed by atoms with Crippen LogP contribution < -0.4 is 32.3 Å². The van der Waals surface area contributed by atoms with Crippen LogP contribution in [0.1, 0.15) is 42.4 Å². The van der Waals surface area contributed by atoms with Crippen LogP contribution in [0.4, 0.5) is 0 Å². The summed E-state index contributed by atoms with van der Waals surface area (Å²) in [6.07, 6.45) is 1.14. The molecule has 2 aliphatic heterocycles. The summed E-state index contributed by atoms with van der Waals surface area (Å²) < 4.78 is 0. The highest BCUT2D eigenvalue weighted by molar-refractivity contribution is 5.98. The number of aliphatic carboxylic acids is 1. The van der Waals surface area contributed by atoms with Crippen molar-refractivity contribution in [3.8, 4) is 11.5 Å². The van der Waals surface area contributed by atoms with Crippen molar-refractivity contribution < 1.29 is 63.9 Å². The number of phenols is 2. The van der Waals surface area contributed by atoms with E-state index >= 15 is 0 Å². The molecule has 2 heterocycles. The molecular weight excluding hydrogens is 861 g/mol. The number of aliphatic hydroxyl groups is 2. The second-order valence-electron chi connectivity index (χ2n) is 16.1. The molecule has 3 aromatic carbocycles. The summed E-state index contributed by atoms with van der Waals surface area (Å²) in [5.41, 5.74) is 7.80. The summed E-state index contributed by atoms with van der Waals surface area (Å²) in [6.45, 7) is -2.30. The van der Waals surface area contributed by atoms with Gasteiger partial charge in [-0.25, -0.2) is 4.79 Å². The number of carbonyl (C=O) groups is 8. The molecular formula is C45H56N8O13. The predicted molar refractivity (Wildman–Crippen MR) is 234 cm³/mol. The molecule has 354 valence electrons. The zero-order valence-electron chi connectivity index (χ0n) is 36.0. The van der Waals surface area contributed by atoms with Crippen LogP contribution in [0.3, 0.4) is 0 Å². The lowest BCUT2D eigenvalue weighted by atomic mass is 10.0. The first kappa shape index (κ1) is 49.9. The number of rotatable bonds is 21. The Balaban J connectivity index is 1.20. The van der Waals surface area contributed by atoms with Crippen LogP contribution in [0.5, 0.6) is 11.5 Å². The van der Waals surface area contributed by atoms with Crippen molar-refractivity contribution in [1.29, 1.82) is 0 Å². The zero-order chi connectivity index (χ0) is 47.9. The second kappa shape index (κ2) is 23.7. The molecule has 5 rings (SSSR count). The number of nitrogens with zero attached hydrogens (tertiary/aromatic N) is 2. The summed E-state index contributed by atoms with van der Waals surface area (Å²) in [5.74, 6) is -6.79. The number of nitrogens with two attached hydrogens (primary N) is 1. The molecule has 0 aromatic heterocycles. The third-order valence-corrected chi connectivity index (χ3v) is 11.3. The molecule has 0 saturated carbocycles. The van der Waals surface area contributed by atoms with Gasteiger partial charge in [-0.2, -0.15) is 0 Å². The molecule has 0 bridgehead atoms. The first-order valence-electron chi connectivity index (χ1n) is 21.5. The minimum atomic E-state index is -1.62. The lowest BCUT2D eigenvalue weighted by Gasteiger charge is -2.32. The number of likely N-dealkylation sites (tertiary alicyclic amines) is 2. The zero-order valence-corrected chi connectivity index (χ0v) is 36.0. The number of amides is 7. The molecule has 21 heteroatoms. The van der Waals surface area contributed by atoms with Gasteiger partial charge in [0.15, 0.2) is 0 Å². The molecule has 2 aliphatic rings. The third-order valence-electron chi connectivity index (χ3n) is 11.3. The van der Waals surface area contributed by atoms with Crippen LogP contribution in [-0.4, -0.2) is 158 Å². The van der Waals surface area contributed by atoms with Gasteiger partial charge in [0.1, 0.15) is 47.8 Å². The SMILES string of the molecule is N[C@@H](Cc1ccc(O)cc1)C(=O)NCC(=O)N[C@@H](CO)C(=O)N[C@@H](CO)C(=O)N1CCC[C@H]1C(=O)N[C@@H](Cc1ccccc1)C(=O)N1CCC[C@H]1C(=O)N[C@@H](Cc1ccc(O)cc1)C(=O)O. The van der Waals surface area contributed by atoms with Crippen molar-refractivity contribution in [1.82, 2.24) is 36.4 Å². The number of phenolic OH excluding ortho intramolecular Hbond substituents is 2. The van der Waals surface area contributed by atoms with E-state index in [-0.39, 0.29) is 56.7 Å². The predicted octanol–water partition coefficient (Wildman–Crippen LogP) is -2.44. The summed E-state index contributed by atoms with van der Waals surface area (Å²) in [7, 11) is 0. The van der Waals surface area contributed by atoms with Crippen LogP contribution in [0.2, 0.25) is 0 Å². The molecule has 2 saturated heterocycles. The fraction of sp³-hybridized carbons (Fsp3) is 0.422. The smallest absolute Gasteiger partial charge is 0.326 e. The molecule has 7 amide bonds. The number of hydrogen-bond donors (Lipinski definition) is 11. The van der Waals surface area contributed by atoms with Gasteiger partial charge in [0, 0.05) is 25.9 Å². The summed E-state index contributed by atoms with van der Waals surface area (Å²) in [6, 6.07) is 11.5. The molecule has 2 fully saturated rings. The Morgan fingerprint density at radius 3 is 1.56 bits per heavy atom. The van der Waals surface area contributed by atoms with Gasteiger partial charge in [0.25, 0.3) is 0 Å². The van der Waals surface area contributed by atoms with Crippen molar-refractivity contribution >= 4 is 47.3 Å². The molecule has 66 heavy (non-hydrogen) atoms. The Morgan fingerprint density at radius 2 is 1.05 bits per heavy atom. The third kappa shape index (κ3) is 13.7. The fourth-order valence-electron chi connectivity index (χ4n) is 7.83. The van der Waals surface area contributed by atoms with E-state index in [2.05, 4.69) is 26.6 Å². The van der Waals surface area contributed by atoms with Gasteiger partial charge in [-0.3, -0.25) is 33.6 Å². The largest absolute Gasteiger partial charge is 0.508 e. The molecule has 3 aromatic rings. The van der Waals surface area contributed by atoms with Crippen LogP contribution in [0, 0.1) is 0 Å². The van der Waals surface area contributed by atoms with E-state index in [1.165, 1.54) is 41.3 Å². The van der Waals surface area contributed by atoms with Gasteiger partial charge in [-0.1, -0.05) is 54.6 Å². The maximum absolute atomic E-state index is 14.3. The first-order chi connectivity index (χ1) is 31.6. The van der Waals surface area contributed by atoms with Crippen molar-refractivity contribution in [3.05, 3.63) is 95.6 Å². The minimum Gasteiger partial charge on any atom is -0.508 e. The number of carboxylic acid groups (broad SMARTS) is 1. The monoisotopic (exact) mass is 916 g/mol. The van der Waals surface area contributed by atoms with E-state index in [9.17, 15) is 63.9 Å². The van der Waals surface area contributed by atoms with Crippen LogP contribution in [0.25, 0.3) is 0 Å². The number of carbonyl (C=O) groups excluding carboxylic acids is 7. The van der Waals surface area contributed by atoms with Crippen molar-refractivity contribution in [3.63, 3.8) is 0 Å². The van der Waals surface area contributed by atoms with Crippen LogP contribution >= 0.6 is 0 Å². The average Bonchev–Trinajstić information content (AvgIpc) is 4.01. The Hall–Kier alpha value is -7.10. The molecule has 7 atom stereocenters. The number of carboxylic acids is 1. The second-order valence-corrected chi connectivity index (χ2v) is 16.1. The highest BCUT2D eigenvalue weighted by Gasteiger charge is 2.42. The Morgan fingerprint density at radius 1 is 0.576 bits per heavy atom. The van der Waals surface area contributed by atoms with E-state index in [1.54, 1.807) is 42.5 Å². The van der Waals surface area contributed by atoms with Crippen molar-refractivity contribution in [2.24, 2.45) is 5.73 Å². The molecule has 0 unspecified atom stereocenters. The standard InChI is InChI=1S/C45H56N8O13/c46-31(20-27-10-14-29(56)15-11-27)39(59)47-23-38(58)48-34(24-54)40(60)51-35(25-55)44(64)53-19-5-8-36(53)41(61)49-32(21-26-6-2-1-3-7-26)43(63)52-18-4-9-37(52)42(62)50-33(45(65)66)22-28-12-16-30(57)17-13-28/h1-3,6-7,10-17,31-37,54-57H,4-5,8-9,18-25,46H2,(H,47,59)(H,48,58)(H,49,61)(H,50,62)(H,51,60)(H,65,66)/t31-,32-,33-,34-,35-,36-,37-/m0/s1. The van der Waals surface area contributed by atoms with Crippen molar-refractivity contribution in [2.45, 2.75) is 87.2 Å². The van der Waals surface area contributed by atoms with Crippen molar-refractivity contribution in [2.75, 3.05) is 32.8 Å². The Labute approximate surface area is 379 Å². The van der Waals surface area contributed by atoms with Gasteiger partial charge in [0.2, 0.25) is 41.4 Å². The molecule has 12 N–H and O–H groups in total. The minimum absolute atomic E-state index is 0.00456. The number of benzene rings is 3. The fourth-order valence-corrected chi connectivity index (χ4v) is 7.83. The first-order valence-corrected chi connectivity index (χ1v) is 21.5. The molecule has 0 spiro atoms. The number of nitrogens with one attached hydrogen (secondary N) is 5. The van der Waals surface area contributed by atoms with Gasteiger partial charge >= 0.3 is 5.97 Å². The van der Waals surface area contributed by atoms with Crippen LogP contribution in [-0.2, 0) is 57.6 Å².